The van der Waals surface area contributed by atoms with Crippen molar-refractivity contribution in [1.29, 1.82) is 0 Å². The van der Waals surface area contributed by atoms with Crippen molar-refractivity contribution in [3.63, 3.8) is 0 Å². The predicted molar refractivity (Wildman–Crippen MR) is 77.7 cm³/mol. The maximum absolute atomic E-state index is 12.1. The lowest BCUT2D eigenvalue weighted by molar-refractivity contribution is -0.136. The van der Waals surface area contributed by atoms with Crippen LogP contribution in [0, 0.1) is 5.92 Å². The Morgan fingerprint density at radius 3 is 2.30 bits per heavy atom. The van der Waals surface area contributed by atoms with Crippen molar-refractivity contribution in [2.24, 2.45) is 11.8 Å². The molecule has 0 aromatic heterocycles. The molecular weight excluding hydrogens is 258 g/mol. The fourth-order valence-electron chi connectivity index (χ4n) is 2.29. The number of nitrogens with zero attached hydrogens (tertiary/aromatic N) is 3. The van der Waals surface area contributed by atoms with Gasteiger partial charge in [0.25, 0.3) is 0 Å². The van der Waals surface area contributed by atoms with Crippen molar-refractivity contribution in [1.82, 2.24) is 20.1 Å². The molecule has 0 aliphatic carbocycles. The highest BCUT2D eigenvalue weighted by Crippen LogP contribution is 2.17. The Morgan fingerprint density at radius 1 is 1.20 bits per heavy atom. The van der Waals surface area contributed by atoms with E-state index >= 15 is 0 Å². The number of hydrogen-bond acceptors (Lipinski definition) is 5. The molecule has 1 fully saturated rings. The number of nitrogens with one attached hydrogen (secondary N) is 1. The van der Waals surface area contributed by atoms with Gasteiger partial charge in [0.15, 0.2) is 0 Å². The predicted octanol–water partition coefficient (Wildman–Crippen LogP) is -1.29. The van der Waals surface area contributed by atoms with Gasteiger partial charge in [0, 0.05) is 32.1 Å². The van der Waals surface area contributed by atoms with Gasteiger partial charge in [-0.05, 0) is 34.0 Å². The van der Waals surface area contributed by atoms with Gasteiger partial charge in [-0.1, -0.05) is 0 Å². The number of likely N-dealkylation sites (N-methyl/N-ethyl adjacent to an activating group) is 2. The Bertz CT molecular complexity index is 327. The number of rotatable bonds is 6. The molecule has 1 saturated heterocycles. The average Bonchev–Trinajstić information content (AvgIpc) is 2.44. The maximum atomic E-state index is 12.1. The van der Waals surface area contributed by atoms with Crippen molar-refractivity contribution >= 4 is 11.8 Å². The van der Waals surface area contributed by atoms with Crippen LogP contribution in [0.5, 0.6) is 0 Å². The van der Waals surface area contributed by atoms with E-state index in [0.29, 0.717) is 32.5 Å². The molecule has 0 radical (unpaired) electrons. The number of piperidine rings is 1. The normalized spacial score (nSPS) is 16.8. The van der Waals surface area contributed by atoms with Crippen LogP contribution in [0.15, 0.2) is 0 Å². The summed E-state index contributed by atoms with van der Waals surface area (Å²) in [5.41, 5.74) is 2.18. The topological polar surface area (TPSA) is 81.9 Å². The first kappa shape index (κ1) is 16.9. The summed E-state index contributed by atoms with van der Waals surface area (Å²) >= 11 is 0. The minimum atomic E-state index is -0.125. The van der Waals surface area contributed by atoms with E-state index in [-0.39, 0.29) is 17.7 Å². The molecule has 0 aromatic carbocycles. The van der Waals surface area contributed by atoms with E-state index in [0.717, 1.165) is 13.1 Å². The van der Waals surface area contributed by atoms with E-state index in [1.807, 2.05) is 30.9 Å². The van der Waals surface area contributed by atoms with Crippen LogP contribution in [0.1, 0.15) is 12.8 Å². The summed E-state index contributed by atoms with van der Waals surface area (Å²) in [7, 11) is 5.99. The zero-order valence-corrected chi connectivity index (χ0v) is 12.8. The first-order valence-electron chi connectivity index (χ1n) is 7.05. The molecule has 20 heavy (non-hydrogen) atoms. The van der Waals surface area contributed by atoms with Gasteiger partial charge in [-0.15, -0.1) is 0 Å². The average molecular weight is 285 g/mol. The summed E-state index contributed by atoms with van der Waals surface area (Å²) in [5.74, 6) is 5.08. The Kier molecular flexibility index (Phi) is 6.90. The van der Waals surface area contributed by atoms with Crippen LogP contribution in [0.3, 0.4) is 0 Å². The molecule has 7 nitrogen and oxygen atoms in total. The highest BCUT2D eigenvalue weighted by Gasteiger charge is 2.27. The van der Waals surface area contributed by atoms with Gasteiger partial charge in [-0.2, -0.15) is 0 Å². The van der Waals surface area contributed by atoms with Gasteiger partial charge in [0.05, 0.1) is 6.54 Å². The number of likely N-dealkylation sites (tertiary alicyclic amines) is 1. The third kappa shape index (κ3) is 5.44. The zero-order valence-electron chi connectivity index (χ0n) is 12.8. The Morgan fingerprint density at radius 2 is 1.80 bits per heavy atom. The van der Waals surface area contributed by atoms with Crippen LogP contribution in [-0.2, 0) is 9.59 Å². The van der Waals surface area contributed by atoms with E-state index in [1.165, 1.54) is 0 Å². The number of hydrogen-bond donors (Lipinski definition) is 2. The smallest absolute Gasteiger partial charge is 0.237 e. The lowest BCUT2D eigenvalue weighted by Gasteiger charge is -2.32. The number of carbonyl (C=O) groups excluding carboxylic acids is 2. The van der Waals surface area contributed by atoms with Gasteiger partial charge in [-0.25, -0.2) is 5.84 Å². The highest BCUT2D eigenvalue weighted by molar-refractivity contribution is 5.80. The molecule has 0 spiro atoms. The van der Waals surface area contributed by atoms with Crippen LogP contribution in [0.25, 0.3) is 0 Å². The van der Waals surface area contributed by atoms with Crippen LogP contribution in [0.2, 0.25) is 0 Å². The second-order valence-electron chi connectivity index (χ2n) is 5.70. The summed E-state index contributed by atoms with van der Waals surface area (Å²) in [6.07, 6.45) is 1.38. The minimum absolute atomic E-state index is 0.0597. The van der Waals surface area contributed by atoms with Gasteiger partial charge in [0.2, 0.25) is 11.8 Å². The largest absolute Gasteiger partial charge is 0.342 e. The maximum Gasteiger partial charge on any atom is 0.237 e. The van der Waals surface area contributed by atoms with Crippen molar-refractivity contribution in [3.8, 4) is 0 Å². The quantitative estimate of drug-likeness (QED) is 0.360. The Hall–Kier alpha value is -1.18. The SMILES string of the molecule is CN(C)CCN(C)CC(=O)N1CCC(C(=O)NN)CC1. The van der Waals surface area contributed by atoms with E-state index in [4.69, 9.17) is 5.84 Å². The number of carbonyl (C=O) groups is 2. The van der Waals surface area contributed by atoms with Crippen LogP contribution >= 0.6 is 0 Å². The highest BCUT2D eigenvalue weighted by atomic mass is 16.2. The molecule has 0 aromatic rings. The third-order valence-electron chi connectivity index (χ3n) is 3.69. The molecule has 116 valence electrons. The number of amides is 2. The van der Waals surface area contributed by atoms with E-state index < -0.39 is 0 Å². The molecule has 0 unspecified atom stereocenters. The summed E-state index contributed by atoms with van der Waals surface area (Å²) in [6.45, 7) is 3.51. The lowest BCUT2D eigenvalue weighted by Crippen LogP contribution is -2.47. The fraction of sp³-hybridized carbons (Fsp3) is 0.846. The molecule has 2 amide bonds. The van der Waals surface area contributed by atoms with Crippen LogP contribution < -0.4 is 11.3 Å². The summed E-state index contributed by atoms with van der Waals surface area (Å²) in [4.78, 5) is 29.5. The number of hydrazine groups is 1. The number of nitrogens with two attached hydrogens (primary N) is 1. The minimum Gasteiger partial charge on any atom is -0.342 e. The lowest BCUT2D eigenvalue weighted by atomic mass is 9.96. The second-order valence-corrected chi connectivity index (χ2v) is 5.70. The Balaban J connectivity index is 2.30. The van der Waals surface area contributed by atoms with Crippen LogP contribution in [0.4, 0.5) is 0 Å². The molecular formula is C13H27N5O2. The first-order valence-corrected chi connectivity index (χ1v) is 7.05. The van der Waals surface area contributed by atoms with Gasteiger partial charge >= 0.3 is 0 Å². The summed E-state index contributed by atoms with van der Waals surface area (Å²) < 4.78 is 0. The van der Waals surface area contributed by atoms with Crippen molar-refractivity contribution in [2.45, 2.75) is 12.8 Å². The molecule has 1 aliphatic rings. The van der Waals surface area contributed by atoms with Crippen molar-refractivity contribution in [2.75, 3.05) is 53.9 Å². The summed E-state index contributed by atoms with van der Waals surface area (Å²) in [5, 5.41) is 0. The standard InChI is InChI=1S/C13H27N5O2/c1-16(2)8-9-17(3)10-12(19)18-6-4-11(5-7-18)13(20)15-14/h11H,4-10,14H2,1-3H3,(H,15,20). The molecule has 1 aliphatic heterocycles. The van der Waals surface area contributed by atoms with Gasteiger partial charge in [-0.3, -0.25) is 19.9 Å². The van der Waals surface area contributed by atoms with Gasteiger partial charge in [0.1, 0.15) is 0 Å². The van der Waals surface area contributed by atoms with Crippen LogP contribution in [-0.4, -0.2) is 80.4 Å². The first-order chi connectivity index (χ1) is 9.43. The molecule has 1 heterocycles. The molecule has 7 heteroatoms. The van der Waals surface area contributed by atoms with Crippen molar-refractivity contribution in [3.05, 3.63) is 0 Å². The summed E-state index contributed by atoms with van der Waals surface area (Å²) in [6, 6.07) is 0. The fourth-order valence-corrected chi connectivity index (χ4v) is 2.29. The molecule has 0 bridgehead atoms. The molecule has 0 atom stereocenters. The molecule has 0 saturated carbocycles. The third-order valence-corrected chi connectivity index (χ3v) is 3.69. The van der Waals surface area contributed by atoms with Gasteiger partial charge < -0.3 is 9.80 Å². The molecule has 1 rings (SSSR count). The monoisotopic (exact) mass is 285 g/mol. The second kappa shape index (κ2) is 8.18. The van der Waals surface area contributed by atoms with Crippen molar-refractivity contribution < 1.29 is 9.59 Å². The zero-order chi connectivity index (χ0) is 15.1. The van der Waals surface area contributed by atoms with E-state index in [9.17, 15) is 9.59 Å². The van der Waals surface area contributed by atoms with E-state index in [1.54, 1.807) is 0 Å². The van der Waals surface area contributed by atoms with E-state index in [2.05, 4.69) is 10.3 Å². The molecule has 3 N–H and O–H groups in total. The Labute approximate surface area is 121 Å².